The van der Waals surface area contributed by atoms with Gasteiger partial charge < -0.3 is 13.9 Å². The van der Waals surface area contributed by atoms with E-state index in [0.29, 0.717) is 62.5 Å². The Balaban J connectivity index is 1.32. The van der Waals surface area contributed by atoms with Gasteiger partial charge in [-0.15, -0.1) is 0 Å². The summed E-state index contributed by atoms with van der Waals surface area (Å²) in [6, 6.07) is 11.9. The van der Waals surface area contributed by atoms with Crippen molar-refractivity contribution < 1.29 is 23.5 Å². The van der Waals surface area contributed by atoms with Crippen molar-refractivity contribution in [2.24, 2.45) is 5.10 Å². The molecule has 1 aliphatic carbocycles. The third kappa shape index (κ3) is 5.41. The summed E-state index contributed by atoms with van der Waals surface area (Å²) in [7, 11) is 0. The molecule has 4 aromatic rings. The van der Waals surface area contributed by atoms with Gasteiger partial charge in [0.05, 0.1) is 10.7 Å². The predicted molar refractivity (Wildman–Crippen MR) is 147 cm³/mol. The molecule has 0 radical (unpaired) electrons. The molecule has 38 heavy (non-hydrogen) atoms. The number of amides is 1. The first-order valence-electron chi connectivity index (χ1n) is 11.6. The van der Waals surface area contributed by atoms with Crippen LogP contribution < -0.4 is 14.9 Å². The number of carbonyl (C=O) groups excluding carboxylic acids is 2. The topological polar surface area (TPSA) is 103 Å². The Morgan fingerprint density at radius 1 is 1.16 bits per heavy atom. The minimum absolute atomic E-state index is 0.0867. The highest BCUT2D eigenvalue weighted by molar-refractivity contribution is 9.10. The highest BCUT2D eigenvalue weighted by Gasteiger charge is 2.29. The number of benzene rings is 2. The summed E-state index contributed by atoms with van der Waals surface area (Å²) >= 11 is 15.4. The Morgan fingerprint density at radius 2 is 1.97 bits per heavy atom. The molecule has 2 heterocycles. The summed E-state index contributed by atoms with van der Waals surface area (Å²) in [5.41, 5.74) is 4.96. The summed E-state index contributed by atoms with van der Waals surface area (Å²) in [4.78, 5) is 29.8. The van der Waals surface area contributed by atoms with Gasteiger partial charge in [0, 0.05) is 38.6 Å². The largest absolute Gasteiger partial charge is 0.482 e. The van der Waals surface area contributed by atoms with Gasteiger partial charge in [-0.25, -0.2) is 10.2 Å². The standard InChI is InChI=1S/C27H20BrCl2N3O5/c1-14-24-19(32-33-23(34)13-36-20-9-7-15(29)12-18(20)30)5-2-6-21(24)37-26(14)27(35)38-22-10-8-17(28)16-4-3-11-31-25(16)22/h3-4,7-12H,2,5-6,13H2,1H3,(H,33,34)/b32-19+. The zero-order valence-corrected chi connectivity index (χ0v) is 23.1. The lowest BCUT2D eigenvalue weighted by Gasteiger charge is -2.13. The molecule has 8 nitrogen and oxygen atoms in total. The van der Waals surface area contributed by atoms with Gasteiger partial charge in [-0.1, -0.05) is 45.2 Å². The van der Waals surface area contributed by atoms with Crippen LogP contribution in [0.5, 0.6) is 11.5 Å². The summed E-state index contributed by atoms with van der Waals surface area (Å²) in [5.74, 6) is 0.264. The zero-order valence-electron chi connectivity index (χ0n) is 20.0. The number of hydrogen-bond donors (Lipinski definition) is 1. The van der Waals surface area contributed by atoms with E-state index in [1.165, 1.54) is 6.07 Å². The smallest absolute Gasteiger partial charge is 0.380 e. The van der Waals surface area contributed by atoms with Gasteiger partial charge in [-0.05, 0) is 56.2 Å². The number of esters is 1. The van der Waals surface area contributed by atoms with Crippen LogP contribution in [0.15, 0.2) is 62.7 Å². The van der Waals surface area contributed by atoms with E-state index in [1.54, 1.807) is 37.4 Å². The molecular formula is C27H20BrCl2N3O5. The summed E-state index contributed by atoms with van der Waals surface area (Å²) in [6.45, 7) is 1.48. The molecule has 2 aromatic carbocycles. The van der Waals surface area contributed by atoms with E-state index >= 15 is 0 Å². The van der Waals surface area contributed by atoms with Crippen LogP contribution in [0.2, 0.25) is 10.0 Å². The van der Waals surface area contributed by atoms with Crippen LogP contribution in [0.3, 0.4) is 0 Å². The van der Waals surface area contributed by atoms with Crippen LogP contribution in [-0.4, -0.2) is 29.2 Å². The number of hydrogen-bond acceptors (Lipinski definition) is 7. The van der Waals surface area contributed by atoms with Crippen molar-refractivity contribution in [3.63, 3.8) is 0 Å². The normalized spacial score (nSPS) is 13.8. The number of fused-ring (bicyclic) bond motifs is 2. The SMILES string of the molecule is Cc1c(C(=O)Oc2ccc(Br)c3cccnc23)oc2c1/C(=N/NC(=O)COc1ccc(Cl)cc1Cl)CCC2. The molecule has 194 valence electrons. The molecule has 0 aliphatic heterocycles. The monoisotopic (exact) mass is 615 g/mol. The fraction of sp³-hybridized carbons (Fsp3) is 0.185. The van der Waals surface area contributed by atoms with Crippen molar-refractivity contribution in [2.75, 3.05) is 6.61 Å². The van der Waals surface area contributed by atoms with Crippen LogP contribution in [0.1, 0.15) is 40.3 Å². The average molecular weight is 617 g/mol. The number of aromatic nitrogens is 1. The van der Waals surface area contributed by atoms with Crippen molar-refractivity contribution in [3.05, 3.63) is 85.8 Å². The van der Waals surface area contributed by atoms with Crippen LogP contribution >= 0.6 is 39.1 Å². The fourth-order valence-corrected chi connectivity index (χ4v) is 5.13. The van der Waals surface area contributed by atoms with Crippen molar-refractivity contribution >= 4 is 67.6 Å². The van der Waals surface area contributed by atoms with E-state index in [4.69, 9.17) is 37.1 Å². The van der Waals surface area contributed by atoms with Gasteiger partial charge in [0.15, 0.2) is 12.4 Å². The van der Waals surface area contributed by atoms with Crippen LogP contribution in [-0.2, 0) is 11.2 Å². The van der Waals surface area contributed by atoms with Gasteiger partial charge in [-0.2, -0.15) is 5.10 Å². The lowest BCUT2D eigenvalue weighted by molar-refractivity contribution is -0.123. The maximum Gasteiger partial charge on any atom is 0.380 e. The molecule has 1 aliphatic rings. The average Bonchev–Trinajstić information content (AvgIpc) is 3.26. The van der Waals surface area contributed by atoms with E-state index in [2.05, 4.69) is 31.4 Å². The summed E-state index contributed by atoms with van der Waals surface area (Å²) in [5, 5.41) is 5.88. The number of pyridine rings is 1. The van der Waals surface area contributed by atoms with E-state index in [0.717, 1.165) is 16.3 Å². The van der Waals surface area contributed by atoms with Crippen LogP contribution in [0.25, 0.3) is 10.9 Å². The molecule has 0 saturated heterocycles. The van der Waals surface area contributed by atoms with Gasteiger partial charge in [-0.3, -0.25) is 9.78 Å². The Bertz CT molecular complexity index is 1600. The maximum absolute atomic E-state index is 13.1. The van der Waals surface area contributed by atoms with Crippen molar-refractivity contribution in [2.45, 2.75) is 26.2 Å². The maximum atomic E-state index is 13.1. The molecule has 2 aromatic heterocycles. The number of carbonyl (C=O) groups is 2. The second kappa shape index (κ2) is 11.1. The summed E-state index contributed by atoms with van der Waals surface area (Å²) in [6.07, 6.45) is 3.63. The second-order valence-electron chi connectivity index (χ2n) is 8.50. The molecule has 1 amide bonds. The molecule has 0 spiro atoms. The number of nitrogens with zero attached hydrogens (tertiary/aromatic N) is 2. The number of aryl methyl sites for hydroxylation is 1. The lowest BCUT2D eigenvalue weighted by atomic mass is 9.93. The Hall–Kier alpha value is -3.40. The number of furan rings is 1. The van der Waals surface area contributed by atoms with Crippen molar-refractivity contribution in [3.8, 4) is 11.5 Å². The molecular weight excluding hydrogens is 597 g/mol. The van der Waals surface area contributed by atoms with Gasteiger partial charge in [0.2, 0.25) is 5.76 Å². The zero-order chi connectivity index (χ0) is 26.8. The third-order valence-corrected chi connectivity index (χ3v) is 7.18. The Morgan fingerprint density at radius 3 is 2.79 bits per heavy atom. The second-order valence-corrected chi connectivity index (χ2v) is 10.2. The number of rotatable bonds is 6. The quantitative estimate of drug-likeness (QED) is 0.148. The molecule has 5 rings (SSSR count). The molecule has 0 atom stereocenters. The van der Waals surface area contributed by atoms with Crippen molar-refractivity contribution in [1.29, 1.82) is 0 Å². The minimum Gasteiger partial charge on any atom is -0.482 e. The first-order chi connectivity index (χ1) is 18.3. The number of hydrazone groups is 1. The highest BCUT2D eigenvalue weighted by atomic mass is 79.9. The number of halogens is 3. The van der Waals surface area contributed by atoms with E-state index in [-0.39, 0.29) is 12.4 Å². The lowest BCUT2D eigenvalue weighted by Crippen LogP contribution is -2.27. The minimum atomic E-state index is -0.636. The van der Waals surface area contributed by atoms with Crippen LogP contribution in [0.4, 0.5) is 0 Å². The van der Waals surface area contributed by atoms with E-state index < -0.39 is 11.9 Å². The third-order valence-electron chi connectivity index (χ3n) is 5.96. The molecule has 11 heteroatoms. The molecule has 0 bridgehead atoms. The van der Waals surface area contributed by atoms with Crippen LogP contribution in [0, 0.1) is 6.92 Å². The highest BCUT2D eigenvalue weighted by Crippen LogP contribution is 2.33. The number of nitrogens with one attached hydrogen (secondary N) is 1. The van der Waals surface area contributed by atoms with Gasteiger partial charge in [0.1, 0.15) is 17.0 Å². The van der Waals surface area contributed by atoms with E-state index in [1.807, 2.05) is 12.1 Å². The van der Waals surface area contributed by atoms with Crippen molar-refractivity contribution in [1.82, 2.24) is 10.4 Å². The first kappa shape index (κ1) is 26.2. The molecule has 1 N–H and O–H groups in total. The molecule has 0 unspecified atom stereocenters. The predicted octanol–water partition coefficient (Wildman–Crippen LogP) is 6.66. The Labute approximate surface area is 236 Å². The van der Waals surface area contributed by atoms with Gasteiger partial charge >= 0.3 is 5.97 Å². The Kier molecular flexibility index (Phi) is 7.69. The first-order valence-corrected chi connectivity index (χ1v) is 13.2. The fourth-order valence-electron chi connectivity index (χ4n) is 4.21. The van der Waals surface area contributed by atoms with Gasteiger partial charge in [0.25, 0.3) is 5.91 Å². The van der Waals surface area contributed by atoms with E-state index in [9.17, 15) is 9.59 Å². The number of ether oxygens (including phenoxy) is 2. The molecule has 0 fully saturated rings. The molecule has 0 saturated carbocycles. The summed E-state index contributed by atoms with van der Waals surface area (Å²) < 4.78 is 17.9.